The molecule has 6 heteroatoms. The lowest BCUT2D eigenvalue weighted by atomic mass is 10.1. The zero-order valence-electron chi connectivity index (χ0n) is 11.4. The van der Waals surface area contributed by atoms with Crippen LogP contribution in [0.2, 0.25) is 0 Å². The standard InChI is InChI=1S/C13H22N2O2S2/c1-11(15-8-3-4-9-18-2)12-6-5-7-13(10-12)19(14,16)17/h5-7,10-11,15H,3-4,8-9H2,1-2H3,(H2,14,16,17). The fourth-order valence-electron chi connectivity index (χ4n) is 1.77. The molecule has 4 nitrogen and oxygen atoms in total. The lowest BCUT2D eigenvalue weighted by Crippen LogP contribution is -2.20. The van der Waals surface area contributed by atoms with Crippen molar-refractivity contribution >= 4 is 21.8 Å². The lowest BCUT2D eigenvalue weighted by Gasteiger charge is -2.14. The maximum atomic E-state index is 11.3. The Morgan fingerprint density at radius 2 is 2.11 bits per heavy atom. The summed E-state index contributed by atoms with van der Waals surface area (Å²) in [5, 5.41) is 8.52. The Labute approximate surface area is 120 Å². The molecule has 0 amide bonds. The smallest absolute Gasteiger partial charge is 0.238 e. The van der Waals surface area contributed by atoms with Crippen molar-refractivity contribution in [3.63, 3.8) is 0 Å². The highest BCUT2D eigenvalue weighted by atomic mass is 32.2. The second-order valence-electron chi connectivity index (χ2n) is 4.49. The van der Waals surface area contributed by atoms with Crippen LogP contribution in [0, 0.1) is 0 Å². The molecule has 0 heterocycles. The molecule has 0 aliphatic carbocycles. The zero-order chi connectivity index (χ0) is 14.3. The molecule has 0 bridgehead atoms. The highest BCUT2D eigenvalue weighted by molar-refractivity contribution is 7.98. The van der Waals surface area contributed by atoms with E-state index in [-0.39, 0.29) is 10.9 Å². The highest BCUT2D eigenvalue weighted by Crippen LogP contribution is 2.16. The Kier molecular flexibility index (Phi) is 6.85. The summed E-state index contributed by atoms with van der Waals surface area (Å²) in [4.78, 5) is 0.168. The monoisotopic (exact) mass is 302 g/mol. The van der Waals surface area contributed by atoms with Crippen LogP contribution in [-0.4, -0.2) is 27.0 Å². The molecule has 0 spiro atoms. The summed E-state index contributed by atoms with van der Waals surface area (Å²) in [7, 11) is -3.62. The summed E-state index contributed by atoms with van der Waals surface area (Å²) >= 11 is 1.85. The third kappa shape index (κ3) is 5.95. The van der Waals surface area contributed by atoms with Crippen LogP contribution < -0.4 is 10.5 Å². The fraction of sp³-hybridized carbons (Fsp3) is 0.538. The zero-order valence-corrected chi connectivity index (χ0v) is 13.1. The molecule has 0 aromatic heterocycles. The predicted molar refractivity (Wildman–Crippen MR) is 81.8 cm³/mol. The molecule has 0 saturated heterocycles. The van der Waals surface area contributed by atoms with E-state index in [1.165, 1.54) is 18.2 Å². The van der Waals surface area contributed by atoms with Gasteiger partial charge in [0.05, 0.1) is 4.90 Å². The second kappa shape index (κ2) is 7.89. The normalized spacial score (nSPS) is 13.4. The van der Waals surface area contributed by atoms with Gasteiger partial charge in [-0.2, -0.15) is 11.8 Å². The van der Waals surface area contributed by atoms with Crippen LogP contribution in [-0.2, 0) is 10.0 Å². The van der Waals surface area contributed by atoms with Crippen molar-refractivity contribution in [1.82, 2.24) is 5.32 Å². The maximum absolute atomic E-state index is 11.3. The number of thioether (sulfide) groups is 1. The number of hydrogen-bond donors (Lipinski definition) is 2. The molecule has 0 radical (unpaired) electrons. The molecule has 1 unspecified atom stereocenters. The van der Waals surface area contributed by atoms with E-state index in [1.807, 2.05) is 24.8 Å². The molecule has 0 aliphatic rings. The minimum atomic E-state index is -3.62. The van der Waals surface area contributed by atoms with Crippen molar-refractivity contribution in [1.29, 1.82) is 0 Å². The molecule has 0 fully saturated rings. The van der Waals surface area contributed by atoms with Gasteiger partial charge in [-0.15, -0.1) is 0 Å². The van der Waals surface area contributed by atoms with Crippen molar-refractivity contribution in [2.45, 2.75) is 30.7 Å². The van der Waals surface area contributed by atoms with E-state index >= 15 is 0 Å². The van der Waals surface area contributed by atoms with Crippen LogP contribution in [0.4, 0.5) is 0 Å². The first-order valence-electron chi connectivity index (χ1n) is 6.30. The Bertz CT molecular complexity index is 489. The summed E-state index contributed by atoms with van der Waals surface area (Å²) in [6, 6.07) is 6.91. The second-order valence-corrected chi connectivity index (χ2v) is 7.04. The molecular weight excluding hydrogens is 280 g/mol. The van der Waals surface area contributed by atoms with Gasteiger partial charge in [0.2, 0.25) is 10.0 Å². The van der Waals surface area contributed by atoms with Crippen LogP contribution in [0.15, 0.2) is 29.2 Å². The van der Waals surface area contributed by atoms with Crippen molar-refractivity contribution in [2.24, 2.45) is 5.14 Å². The first kappa shape index (κ1) is 16.5. The highest BCUT2D eigenvalue weighted by Gasteiger charge is 2.10. The minimum absolute atomic E-state index is 0.121. The van der Waals surface area contributed by atoms with Crippen LogP contribution >= 0.6 is 11.8 Å². The largest absolute Gasteiger partial charge is 0.310 e. The predicted octanol–water partition coefficient (Wildman–Crippen LogP) is 2.13. The molecular formula is C13H22N2O2S2. The molecule has 3 N–H and O–H groups in total. The Balaban J connectivity index is 2.55. The van der Waals surface area contributed by atoms with Gasteiger partial charge in [0.1, 0.15) is 0 Å². The van der Waals surface area contributed by atoms with Gasteiger partial charge in [0, 0.05) is 6.04 Å². The van der Waals surface area contributed by atoms with Crippen molar-refractivity contribution in [3.8, 4) is 0 Å². The third-order valence-corrected chi connectivity index (χ3v) is 4.52. The van der Waals surface area contributed by atoms with Crippen LogP contribution in [0.25, 0.3) is 0 Å². The number of unbranched alkanes of at least 4 members (excludes halogenated alkanes) is 1. The summed E-state index contributed by atoms with van der Waals surface area (Å²) in [6.07, 6.45) is 4.42. The van der Waals surface area contributed by atoms with Crippen molar-refractivity contribution in [2.75, 3.05) is 18.6 Å². The quantitative estimate of drug-likeness (QED) is 0.722. The third-order valence-electron chi connectivity index (χ3n) is 2.91. The number of sulfonamides is 1. The van der Waals surface area contributed by atoms with Gasteiger partial charge in [-0.25, -0.2) is 13.6 Å². The SMILES string of the molecule is CSCCCCNC(C)c1cccc(S(N)(=O)=O)c1. The fourth-order valence-corrected chi connectivity index (χ4v) is 2.83. The number of primary sulfonamides is 1. The van der Waals surface area contributed by atoms with Crippen molar-refractivity contribution < 1.29 is 8.42 Å². The average Bonchev–Trinajstić information content (AvgIpc) is 2.37. The summed E-state index contributed by atoms with van der Waals surface area (Å²) < 4.78 is 22.6. The van der Waals surface area contributed by atoms with E-state index in [9.17, 15) is 8.42 Å². The van der Waals surface area contributed by atoms with Gasteiger partial charge < -0.3 is 5.32 Å². The first-order valence-corrected chi connectivity index (χ1v) is 9.24. The Hall–Kier alpha value is -0.560. The molecule has 0 aliphatic heterocycles. The maximum Gasteiger partial charge on any atom is 0.238 e. The number of nitrogens with two attached hydrogens (primary N) is 1. The number of nitrogens with one attached hydrogen (secondary N) is 1. The number of hydrogen-bond acceptors (Lipinski definition) is 4. The Morgan fingerprint density at radius 3 is 2.74 bits per heavy atom. The molecule has 1 rings (SSSR count). The summed E-state index contributed by atoms with van der Waals surface area (Å²) in [6.45, 7) is 2.96. The van der Waals surface area contributed by atoms with Crippen LogP contribution in [0.3, 0.4) is 0 Å². The molecule has 0 saturated carbocycles. The molecule has 1 atom stereocenters. The van der Waals surface area contributed by atoms with Crippen LogP contribution in [0.1, 0.15) is 31.4 Å². The van der Waals surface area contributed by atoms with E-state index < -0.39 is 10.0 Å². The molecule has 1 aromatic rings. The van der Waals surface area contributed by atoms with Gasteiger partial charge in [0.25, 0.3) is 0 Å². The van der Waals surface area contributed by atoms with E-state index in [2.05, 4.69) is 11.6 Å². The average molecular weight is 302 g/mol. The first-order chi connectivity index (χ1) is 8.95. The van der Waals surface area contributed by atoms with Crippen molar-refractivity contribution in [3.05, 3.63) is 29.8 Å². The topological polar surface area (TPSA) is 72.2 Å². The van der Waals surface area contributed by atoms with Gasteiger partial charge in [-0.3, -0.25) is 0 Å². The summed E-state index contributed by atoms with van der Waals surface area (Å²) in [5.41, 5.74) is 0.941. The number of rotatable bonds is 8. The summed E-state index contributed by atoms with van der Waals surface area (Å²) in [5.74, 6) is 1.18. The van der Waals surface area contributed by atoms with E-state index in [0.717, 1.165) is 18.5 Å². The minimum Gasteiger partial charge on any atom is -0.310 e. The molecule has 19 heavy (non-hydrogen) atoms. The van der Waals surface area contributed by atoms with Gasteiger partial charge in [0.15, 0.2) is 0 Å². The van der Waals surface area contributed by atoms with Gasteiger partial charge in [-0.05, 0) is 56.0 Å². The molecule has 108 valence electrons. The lowest BCUT2D eigenvalue weighted by molar-refractivity contribution is 0.554. The Morgan fingerprint density at radius 1 is 1.37 bits per heavy atom. The van der Waals surface area contributed by atoms with E-state index in [4.69, 9.17) is 5.14 Å². The van der Waals surface area contributed by atoms with E-state index in [1.54, 1.807) is 12.1 Å². The van der Waals surface area contributed by atoms with Crippen LogP contribution in [0.5, 0.6) is 0 Å². The van der Waals surface area contributed by atoms with Gasteiger partial charge in [-0.1, -0.05) is 12.1 Å². The number of benzene rings is 1. The van der Waals surface area contributed by atoms with Gasteiger partial charge >= 0.3 is 0 Å². The van der Waals surface area contributed by atoms with E-state index in [0.29, 0.717) is 0 Å². The molecule has 1 aromatic carbocycles.